The van der Waals surface area contributed by atoms with Crippen LogP contribution in [0.3, 0.4) is 0 Å². The van der Waals surface area contributed by atoms with Crippen LogP contribution in [0.5, 0.6) is 0 Å². The Balaban J connectivity index is 1.76. The molecular formula is C27H15F7N2O4. The van der Waals surface area contributed by atoms with E-state index in [0.29, 0.717) is 12.1 Å². The van der Waals surface area contributed by atoms with Crippen LogP contribution >= 0.6 is 0 Å². The summed E-state index contributed by atoms with van der Waals surface area (Å²) in [6.07, 6.45) is -0.522. The Morgan fingerprint density at radius 3 is 2.23 bits per heavy atom. The van der Waals surface area contributed by atoms with E-state index in [4.69, 9.17) is 4.74 Å². The summed E-state index contributed by atoms with van der Waals surface area (Å²) in [5.41, 5.74) is -6.16. The Hall–Kier alpha value is -4.26. The Labute approximate surface area is 219 Å². The summed E-state index contributed by atoms with van der Waals surface area (Å²) in [6.45, 7) is 0.481. The van der Waals surface area contributed by atoms with Gasteiger partial charge < -0.3 is 14.4 Å². The molecule has 1 atom stereocenters. The number of aliphatic hydroxyl groups is 1. The molecule has 2 aromatic carbocycles. The lowest BCUT2D eigenvalue weighted by molar-refractivity contribution is -0.149. The van der Waals surface area contributed by atoms with Crippen molar-refractivity contribution in [3.8, 4) is 22.5 Å². The SMILES string of the molecule is CC[C@@]1(O)CC(=O)OCc2c1cc1n(c2=O)Cc2c-1nc1cc(F)cc(F)c1c2-c1c(F)c(F)c(F)c(F)c1F. The predicted octanol–water partition coefficient (Wildman–Crippen LogP) is 5.11. The molecule has 4 aromatic rings. The van der Waals surface area contributed by atoms with Crippen molar-refractivity contribution in [3.63, 3.8) is 0 Å². The molecule has 0 unspecified atom stereocenters. The second-order valence-corrected chi connectivity index (χ2v) is 9.58. The Morgan fingerprint density at radius 1 is 0.925 bits per heavy atom. The second kappa shape index (κ2) is 8.62. The zero-order chi connectivity index (χ0) is 28.8. The van der Waals surface area contributed by atoms with Crippen LogP contribution in [0.2, 0.25) is 0 Å². The fourth-order valence-corrected chi connectivity index (χ4v) is 5.43. The number of nitrogens with zero attached hydrogens (tertiary/aromatic N) is 2. The fourth-order valence-electron chi connectivity index (χ4n) is 5.43. The third-order valence-corrected chi connectivity index (χ3v) is 7.42. The maximum atomic E-state index is 15.2. The molecule has 0 aliphatic carbocycles. The summed E-state index contributed by atoms with van der Waals surface area (Å²) in [7, 11) is 0. The van der Waals surface area contributed by atoms with E-state index in [1.54, 1.807) is 6.92 Å². The first-order chi connectivity index (χ1) is 18.9. The van der Waals surface area contributed by atoms with E-state index >= 15 is 13.2 Å². The van der Waals surface area contributed by atoms with E-state index in [1.807, 2.05) is 0 Å². The highest BCUT2D eigenvalue weighted by Gasteiger charge is 2.41. The van der Waals surface area contributed by atoms with Crippen molar-refractivity contribution in [2.45, 2.75) is 38.5 Å². The number of rotatable bonds is 2. The van der Waals surface area contributed by atoms with Gasteiger partial charge in [-0.3, -0.25) is 9.59 Å². The van der Waals surface area contributed by atoms with E-state index < -0.39 is 99.5 Å². The molecule has 40 heavy (non-hydrogen) atoms. The molecule has 1 N–H and O–H groups in total. The van der Waals surface area contributed by atoms with Crippen molar-refractivity contribution >= 4 is 16.9 Å². The van der Waals surface area contributed by atoms with Gasteiger partial charge >= 0.3 is 5.97 Å². The van der Waals surface area contributed by atoms with Crippen LogP contribution in [0.15, 0.2) is 23.0 Å². The van der Waals surface area contributed by atoms with Crippen LogP contribution in [0, 0.1) is 40.7 Å². The predicted molar refractivity (Wildman–Crippen MR) is 124 cm³/mol. The number of pyridine rings is 2. The topological polar surface area (TPSA) is 81.4 Å². The van der Waals surface area contributed by atoms with Crippen molar-refractivity contribution < 1.29 is 45.4 Å². The number of carbonyl (C=O) groups excluding carboxylic acids is 1. The van der Waals surface area contributed by atoms with E-state index in [2.05, 4.69) is 4.98 Å². The number of benzene rings is 2. The fraction of sp³-hybridized carbons (Fsp3) is 0.222. The number of esters is 1. The highest BCUT2D eigenvalue weighted by Crippen LogP contribution is 2.46. The van der Waals surface area contributed by atoms with Gasteiger partial charge in [0.1, 0.15) is 23.8 Å². The van der Waals surface area contributed by atoms with E-state index in [-0.39, 0.29) is 34.5 Å². The minimum absolute atomic E-state index is 0.00931. The molecule has 4 heterocycles. The summed E-state index contributed by atoms with van der Waals surface area (Å²) in [6, 6.07) is 2.36. The number of hydrogen-bond donors (Lipinski definition) is 1. The summed E-state index contributed by atoms with van der Waals surface area (Å²) in [4.78, 5) is 29.9. The third kappa shape index (κ3) is 3.43. The van der Waals surface area contributed by atoms with Crippen LogP contribution in [0.4, 0.5) is 30.7 Å². The molecule has 13 heteroatoms. The maximum Gasteiger partial charge on any atom is 0.309 e. The molecule has 6 nitrogen and oxygen atoms in total. The van der Waals surface area contributed by atoms with Crippen molar-refractivity contribution in [1.29, 1.82) is 0 Å². The largest absolute Gasteiger partial charge is 0.460 e. The minimum Gasteiger partial charge on any atom is -0.460 e. The molecule has 6 rings (SSSR count). The van der Waals surface area contributed by atoms with Gasteiger partial charge in [0.2, 0.25) is 5.82 Å². The van der Waals surface area contributed by atoms with Gasteiger partial charge in [0.25, 0.3) is 5.56 Å². The number of fused-ring (bicyclic) bond motifs is 5. The van der Waals surface area contributed by atoms with E-state index in [0.717, 1.165) is 4.57 Å². The zero-order valence-corrected chi connectivity index (χ0v) is 20.3. The Kier molecular flexibility index (Phi) is 5.60. The molecule has 0 saturated carbocycles. The van der Waals surface area contributed by atoms with Crippen LogP contribution in [-0.2, 0) is 28.3 Å². The average Bonchev–Trinajstić information content (AvgIpc) is 3.21. The zero-order valence-electron chi connectivity index (χ0n) is 20.3. The Bertz CT molecular complexity index is 1860. The van der Waals surface area contributed by atoms with Gasteiger partial charge in [-0.15, -0.1) is 0 Å². The molecule has 0 amide bonds. The van der Waals surface area contributed by atoms with Gasteiger partial charge in [0, 0.05) is 28.6 Å². The lowest BCUT2D eigenvalue weighted by Gasteiger charge is -2.26. The monoisotopic (exact) mass is 564 g/mol. The maximum absolute atomic E-state index is 15.2. The highest BCUT2D eigenvalue weighted by atomic mass is 19.2. The van der Waals surface area contributed by atoms with Crippen molar-refractivity contribution in [3.05, 3.63) is 86.0 Å². The first kappa shape index (κ1) is 26.0. The quantitative estimate of drug-likeness (QED) is 0.140. The number of cyclic esters (lactones) is 1. The van der Waals surface area contributed by atoms with Gasteiger partial charge in [0.05, 0.1) is 41.0 Å². The summed E-state index contributed by atoms with van der Waals surface area (Å²) in [5.74, 6) is -14.8. The van der Waals surface area contributed by atoms with E-state index in [9.17, 15) is 32.3 Å². The molecular weight excluding hydrogens is 549 g/mol. The molecule has 0 spiro atoms. The second-order valence-electron chi connectivity index (χ2n) is 9.58. The lowest BCUT2D eigenvalue weighted by atomic mass is 9.85. The van der Waals surface area contributed by atoms with Gasteiger partial charge in [-0.25, -0.2) is 35.7 Å². The molecule has 2 aromatic heterocycles. The molecule has 2 aliphatic rings. The lowest BCUT2D eigenvalue weighted by Crippen LogP contribution is -2.32. The number of hydrogen-bond acceptors (Lipinski definition) is 5. The molecule has 0 fully saturated rings. The first-order valence-corrected chi connectivity index (χ1v) is 11.9. The Morgan fingerprint density at radius 2 is 1.57 bits per heavy atom. The number of halogens is 7. The average molecular weight is 564 g/mol. The first-order valence-electron chi connectivity index (χ1n) is 11.9. The van der Waals surface area contributed by atoms with Crippen molar-refractivity contribution in [1.82, 2.24) is 9.55 Å². The van der Waals surface area contributed by atoms with Gasteiger partial charge in [-0.2, -0.15) is 0 Å². The summed E-state index contributed by atoms with van der Waals surface area (Å²) < 4.78 is 108. The molecule has 206 valence electrons. The van der Waals surface area contributed by atoms with Crippen LogP contribution in [-0.4, -0.2) is 20.6 Å². The number of carbonyl (C=O) groups is 1. The van der Waals surface area contributed by atoms with Crippen LogP contribution in [0.1, 0.15) is 36.5 Å². The number of ether oxygens (including phenoxy) is 1. The smallest absolute Gasteiger partial charge is 0.309 e. The summed E-state index contributed by atoms with van der Waals surface area (Å²) in [5, 5.41) is 10.5. The number of aromatic nitrogens is 2. The van der Waals surface area contributed by atoms with Crippen molar-refractivity contribution in [2.75, 3.05) is 0 Å². The van der Waals surface area contributed by atoms with Crippen LogP contribution in [0.25, 0.3) is 33.4 Å². The van der Waals surface area contributed by atoms with Gasteiger partial charge in [0.15, 0.2) is 23.3 Å². The standard InChI is InChI=1S/C27H15F7N2O4/c1-2-27(39)6-16(37)40-8-11-12(27)5-15-25-10(7-36(15)26(11)38)17(18-13(29)3-9(28)4-14(18)35-25)19-20(30)22(32)24(34)23(33)21(19)31/h3-5,39H,2,6-8H2,1H3/t27-/m1/s1. The third-order valence-electron chi connectivity index (χ3n) is 7.42. The van der Waals surface area contributed by atoms with Gasteiger partial charge in [-0.05, 0) is 18.1 Å². The molecule has 0 bridgehead atoms. The van der Waals surface area contributed by atoms with Gasteiger partial charge in [-0.1, -0.05) is 6.92 Å². The summed E-state index contributed by atoms with van der Waals surface area (Å²) >= 11 is 0. The van der Waals surface area contributed by atoms with Crippen LogP contribution < -0.4 is 5.56 Å². The molecule has 0 radical (unpaired) electrons. The normalized spacial score (nSPS) is 17.9. The molecule has 0 saturated heterocycles. The molecule has 2 aliphatic heterocycles. The van der Waals surface area contributed by atoms with E-state index in [1.165, 1.54) is 6.07 Å². The van der Waals surface area contributed by atoms with Crippen molar-refractivity contribution in [2.24, 2.45) is 0 Å². The highest BCUT2D eigenvalue weighted by molar-refractivity contribution is 6.00. The minimum atomic E-state index is -2.43.